The number of hydrogen-bond donors (Lipinski definition) is 1. The molecule has 18 heavy (non-hydrogen) atoms. The van der Waals surface area contributed by atoms with Crippen LogP contribution in [0.5, 0.6) is 11.6 Å². The maximum Gasteiger partial charge on any atom is 0.247 e. The second-order valence-electron chi connectivity index (χ2n) is 3.47. The Morgan fingerprint density at radius 3 is 2.56 bits per heavy atom. The summed E-state index contributed by atoms with van der Waals surface area (Å²) in [5.41, 5.74) is 6.65. The van der Waals surface area contributed by atoms with E-state index in [1.165, 1.54) is 0 Å². The van der Waals surface area contributed by atoms with Crippen LogP contribution in [0, 0.1) is 6.92 Å². The number of rotatable bonds is 2. The lowest BCUT2D eigenvalue weighted by molar-refractivity contribution is 0.464. The molecule has 7 heteroatoms. The van der Waals surface area contributed by atoms with Crippen LogP contribution in [0.25, 0.3) is 0 Å². The van der Waals surface area contributed by atoms with Crippen molar-refractivity contribution in [1.29, 1.82) is 0 Å². The van der Waals surface area contributed by atoms with E-state index in [-0.39, 0.29) is 11.2 Å². The Morgan fingerprint density at radius 2 is 1.89 bits per heavy atom. The molecule has 1 aromatic carbocycles. The van der Waals surface area contributed by atoms with E-state index in [1.807, 2.05) is 0 Å². The van der Waals surface area contributed by atoms with Gasteiger partial charge in [-0.05, 0) is 36.7 Å². The summed E-state index contributed by atoms with van der Waals surface area (Å²) in [6.45, 7) is 1.71. The van der Waals surface area contributed by atoms with Crippen LogP contribution in [0.1, 0.15) is 5.69 Å². The molecule has 0 saturated heterocycles. The van der Waals surface area contributed by atoms with Crippen molar-refractivity contribution in [3.63, 3.8) is 0 Å². The van der Waals surface area contributed by atoms with E-state index in [1.54, 1.807) is 25.1 Å². The quantitative estimate of drug-likeness (QED) is 0.848. The van der Waals surface area contributed by atoms with Crippen LogP contribution in [0.15, 0.2) is 18.2 Å². The van der Waals surface area contributed by atoms with Gasteiger partial charge in [-0.1, -0.05) is 23.2 Å². The molecular weight excluding hydrogens is 296 g/mol. The van der Waals surface area contributed by atoms with Gasteiger partial charge in [0, 0.05) is 5.02 Å². The first-order valence-corrected chi connectivity index (χ1v) is 6.03. The van der Waals surface area contributed by atoms with E-state index in [0.29, 0.717) is 27.2 Å². The Hall–Kier alpha value is -1.23. The van der Waals surface area contributed by atoms with Crippen molar-refractivity contribution in [3.05, 3.63) is 39.2 Å². The summed E-state index contributed by atoms with van der Waals surface area (Å²) in [5.74, 6) is 0.554. The van der Waals surface area contributed by atoms with Crippen molar-refractivity contribution in [2.75, 3.05) is 5.73 Å². The Kier molecular flexibility index (Phi) is 3.80. The Bertz CT molecular complexity index is 604. The Balaban J connectivity index is 2.40. The average Bonchev–Trinajstić information content (AvgIpc) is 2.29. The molecule has 2 N–H and O–H groups in total. The van der Waals surface area contributed by atoms with Gasteiger partial charge < -0.3 is 10.5 Å². The van der Waals surface area contributed by atoms with Gasteiger partial charge in [0.2, 0.25) is 11.2 Å². The third-order valence-electron chi connectivity index (χ3n) is 2.17. The molecule has 0 aliphatic carbocycles. The van der Waals surface area contributed by atoms with Crippen LogP contribution in [-0.4, -0.2) is 9.97 Å². The molecule has 1 heterocycles. The molecule has 2 aromatic rings. The highest BCUT2D eigenvalue weighted by atomic mass is 35.5. The summed E-state index contributed by atoms with van der Waals surface area (Å²) in [6.07, 6.45) is 0. The lowest BCUT2D eigenvalue weighted by Crippen LogP contribution is -2.01. The molecule has 0 saturated carbocycles. The minimum Gasteiger partial charge on any atom is -0.435 e. The number of nitrogen functional groups attached to an aromatic ring is 1. The number of aryl methyl sites for hydroxylation is 1. The molecule has 94 valence electrons. The summed E-state index contributed by atoms with van der Waals surface area (Å²) in [7, 11) is 0. The molecule has 0 atom stereocenters. The molecule has 0 fully saturated rings. The zero-order chi connectivity index (χ0) is 13.3. The highest BCUT2D eigenvalue weighted by molar-refractivity contribution is 6.35. The van der Waals surface area contributed by atoms with Gasteiger partial charge in [0.05, 0.1) is 10.7 Å². The van der Waals surface area contributed by atoms with Crippen molar-refractivity contribution < 1.29 is 4.74 Å². The average molecular weight is 305 g/mol. The zero-order valence-corrected chi connectivity index (χ0v) is 11.5. The molecule has 0 aliphatic heterocycles. The van der Waals surface area contributed by atoms with Gasteiger partial charge in [-0.15, -0.1) is 0 Å². The number of hydrogen-bond acceptors (Lipinski definition) is 4. The molecule has 0 bridgehead atoms. The number of anilines is 1. The number of halogens is 3. The third kappa shape index (κ3) is 2.77. The highest BCUT2D eigenvalue weighted by Gasteiger charge is 2.12. The molecule has 0 unspecified atom stereocenters. The number of benzene rings is 1. The summed E-state index contributed by atoms with van der Waals surface area (Å²) in [4.78, 5) is 7.82. The maximum atomic E-state index is 5.98. The minimum absolute atomic E-state index is 0.0572. The van der Waals surface area contributed by atoms with Crippen LogP contribution in [0.4, 0.5) is 5.69 Å². The first-order valence-electron chi connectivity index (χ1n) is 4.90. The summed E-state index contributed by atoms with van der Waals surface area (Å²) in [6, 6.07) is 4.83. The fourth-order valence-electron chi connectivity index (χ4n) is 1.26. The van der Waals surface area contributed by atoms with Gasteiger partial charge in [-0.25, -0.2) is 4.98 Å². The van der Waals surface area contributed by atoms with Crippen LogP contribution in [0.2, 0.25) is 15.3 Å². The smallest absolute Gasteiger partial charge is 0.247 e. The predicted molar refractivity (Wildman–Crippen MR) is 72.7 cm³/mol. The van der Waals surface area contributed by atoms with Crippen LogP contribution in [-0.2, 0) is 0 Å². The van der Waals surface area contributed by atoms with Crippen molar-refractivity contribution >= 4 is 40.5 Å². The monoisotopic (exact) mass is 303 g/mol. The van der Waals surface area contributed by atoms with Crippen molar-refractivity contribution in [3.8, 4) is 11.6 Å². The fraction of sp³-hybridized carbons (Fsp3) is 0.0909. The van der Waals surface area contributed by atoms with Gasteiger partial charge in [-0.3, -0.25) is 0 Å². The van der Waals surface area contributed by atoms with Gasteiger partial charge in [0.25, 0.3) is 0 Å². The van der Waals surface area contributed by atoms with Crippen LogP contribution in [0.3, 0.4) is 0 Å². The van der Waals surface area contributed by atoms with Crippen molar-refractivity contribution in [1.82, 2.24) is 9.97 Å². The van der Waals surface area contributed by atoms with E-state index < -0.39 is 0 Å². The molecule has 1 aromatic heterocycles. The van der Waals surface area contributed by atoms with Gasteiger partial charge >= 0.3 is 0 Å². The van der Waals surface area contributed by atoms with Crippen molar-refractivity contribution in [2.24, 2.45) is 0 Å². The van der Waals surface area contributed by atoms with Crippen LogP contribution < -0.4 is 10.5 Å². The van der Waals surface area contributed by atoms with E-state index in [4.69, 9.17) is 45.3 Å². The molecule has 0 aliphatic rings. The molecule has 4 nitrogen and oxygen atoms in total. The Labute approximate surface area is 119 Å². The van der Waals surface area contributed by atoms with Crippen LogP contribution >= 0.6 is 34.8 Å². The second-order valence-corrected chi connectivity index (χ2v) is 4.66. The molecule has 0 amide bonds. The predicted octanol–water partition coefficient (Wildman–Crippen LogP) is 4.12. The summed E-state index contributed by atoms with van der Waals surface area (Å²) >= 11 is 17.5. The number of nitrogens with two attached hydrogens (primary N) is 1. The summed E-state index contributed by atoms with van der Waals surface area (Å²) < 4.78 is 5.51. The Morgan fingerprint density at radius 1 is 1.17 bits per heavy atom. The van der Waals surface area contributed by atoms with E-state index in [2.05, 4.69) is 9.97 Å². The lowest BCUT2D eigenvalue weighted by atomic mass is 10.3. The minimum atomic E-state index is 0.0572. The van der Waals surface area contributed by atoms with Crippen molar-refractivity contribution in [2.45, 2.75) is 6.92 Å². The zero-order valence-electron chi connectivity index (χ0n) is 9.25. The maximum absolute atomic E-state index is 5.98. The van der Waals surface area contributed by atoms with Gasteiger partial charge in [-0.2, -0.15) is 4.98 Å². The third-order valence-corrected chi connectivity index (χ3v) is 2.87. The second kappa shape index (κ2) is 5.18. The summed E-state index contributed by atoms with van der Waals surface area (Å²) in [5, 5.41) is 0.924. The van der Waals surface area contributed by atoms with E-state index in [9.17, 15) is 0 Å². The number of aromatic nitrogens is 2. The highest BCUT2D eigenvalue weighted by Crippen LogP contribution is 2.34. The standard InChI is InChI=1S/C11H8Cl3N3O/c1-5-9(15)10(17-11(14)16-5)18-8-3-2-6(12)4-7(8)13/h2-4H,15H2,1H3. The molecule has 2 rings (SSSR count). The molecule has 0 spiro atoms. The van der Waals surface area contributed by atoms with Gasteiger partial charge in [0.1, 0.15) is 11.4 Å². The SMILES string of the molecule is Cc1nc(Cl)nc(Oc2ccc(Cl)cc2Cl)c1N. The van der Waals surface area contributed by atoms with Gasteiger partial charge in [0.15, 0.2) is 0 Å². The number of nitrogens with zero attached hydrogens (tertiary/aromatic N) is 2. The van der Waals surface area contributed by atoms with E-state index in [0.717, 1.165) is 0 Å². The van der Waals surface area contributed by atoms with E-state index >= 15 is 0 Å². The fourth-order valence-corrected chi connectivity index (χ4v) is 1.91. The topological polar surface area (TPSA) is 61.0 Å². The first kappa shape index (κ1) is 13.2. The molecular formula is C11H8Cl3N3O. The molecule has 0 radical (unpaired) electrons. The largest absolute Gasteiger partial charge is 0.435 e. The normalized spacial score (nSPS) is 10.4. The number of ether oxygens (including phenoxy) is 1. The lowest BCUT2D eigenvalue weighted by Gasteiger charge is -2.10. The first-order chi connectivity index (χ1) is 8.47.